The molecule has 1 saturated heterocycles. The predicted octanol–water partition coefficient (Wildman–Crippen LogP) is 6.30. The maximum atomic E-state index is 16.7. The molecule has 0 spiro atoms. The number of nitrogens with zero attached hydrogens (tertiary/aromatic N) is 1. The van der Waals surface area contributed by atoms with Crippen LogP contribution in [-0.2, 0) is 23.3 Å². The Bertz CT molecular complexity index is 1020. The van der Waals surface area contributed by atoms with Crippen LogP contribution in [-0.4, -0.2) is 34.6 Å². The number of piperidine rings is 1. The van der Waals surface area contributed by atoms with Crippen molar-refractivity contribution in [3.63, 3.8) is 0 Å². The Morgan fingerprint density at radius 1 is 0.909 bits per heavy atom. The summed E-state index contributed by atoms with van der Waals surface area (Å²) in [4.78, 5) is 13.7. The lowest BCUT2D eigenvalue weighted by atomic mass is 9.69. The molecule has 1 N–H and O–H groups in total. The molecule has 3 nitrogen and oxygen atoms in total. The number of benzene rings is 3. The molecule has 33 heavy (non-hydrogen) atoms. The number of hydrogen-bond donors (Lipinski definition) is 1. The molecule has 0 saturated carbocycles. The molecule has 1 aliphatic rings. The van der Waals surface area contributed by atoms with Crippen molar-refractivity contribution < 1.29 is 14.3 Å². The number of aliphatic carboxylic acids is 1. The average Bonchev–Trinajstić information content (AvgIpc) is 2.80. The number of carbonyl (C=O) groups is 1. The van der Waals surface area contributed by atoms with E-state index in [1.165, 1.54) is 0 Å². The predicted molar refractivity (Wildman–Crippen MR) is 130 cm³/mol. The number of carboxylic acid groups (broad SMARTS) is 1. The molecule has 1 unspecified atom stereocenters. The van der Waals surface area contributed by atoms with Gasteiger partial charge < -0.3 is 5.11 Å². The molecule has 1 heterocycles. The van der Waals surface area contributed by atoms with Crippen molar-refractivity contribution in [1.29, 1.82) is 0 Å². The van der Waals surface area contributed by atoms with Gasteiger partial charge in [0.2, 0.25) is 0 Å². The zero-order chi connectivity index (χ0) is 23.3. The third-order valence-corrected chi connectivity index (χ3v) is 7.02. The van der Waals surface area contributed by atoms with Crippen LogP contribution in [0.15, 0.2) is 84.9 Å². The highest BCUT2D eigenvalue weighted by Crippen LogP contribution is 2.47. The smallest absolute Gasteiger partial charge is 0.304 e. The van der Waals surface area contributed by atoms with E-state index in [-0.39, 0.29) is 12.8 Å². The first-order chi connectivity index (χ1) is 15.9. The van der Waals surface area contributed by atoms with Gasteiger partial charge in [-0.1, -0.05) is 84.4 Å². The minimum absolute atomic E-state index is 0.0333. The van der Waals surface area contributed by atoms with Crippen molar-refractivity contribution in [1.82, 2.24) is 4.90 Å². The van der Waals surface area contributed by atoms with Crippen LogP contribution >= 0.6 is 11.6 Å². The molecule has 0 bridgehead atoms. The lowest BCUT2D eigenvalue weighted by Crippen LogP contribution is -2.60. The molecule has 1 fully saturated rings. The minimum Gasteiger partial charge on any atom is -0.481 e. The SMILES string of the molecule is O=C(O)CCN1CCC(F)(c2ccc(Cl)cc2)CC1(Cc1ccccc1)Cc1ccccc1. The summed E-state index contributed by atoms with van der Waals surface area (Å²) >= 11 is 6.07. The topological polar surface area (TPSA) is 40.5 Å². The highest BCUT2D eigenvalue weighted by atomic mass is 35.5. The van der Waals surface area contributed by atoms with E-state index in [9.17, 15) is 9.90 Å². The third-order valence-electron chi connectivity index (χ3n) is 6.77. The van der Waals surface area contributed by atoms with Gasteiger partial charge in [-0.25, -0.2) is 4.39 Å². The van der Waals surface area contributed by atoms with Gasteiger partial charge in [0.25, 0.3) is 0 Å². The summed E-state index contributed by atoms with van der Waals surface area (Å²) < 4.78 is 16.7. The van der Waals surface area contributed by atoms with Crippen LogP contribution < -0.4 is 0 Å². The van der Waals surface area contributed by atoms with Gasteiger partial charge >= 0.3 is 5.97 Å². The van der Waals surface area contributed by atoms with E-state index in [0.717, 1.165) is 11.1 Å². The van der Waals surface area contributed by atoms with Gasteiger partial charge in [0.15, 0.2) is 0 Å². The zero-order valence-electron chi connectivity index (χ0n) is 18.6. The van der Waals surface area contributed by atoms with Crippen molar-refractivity contribution in [2.45, 2.75) is 43.3 Å². The second-order valence-electron chi connectivity index (χ2n) is 9.08. The van der Waals surface area contributed by atoms with E-state index >= 15 is 4.39 Å². The molecule has 1 aliphatic heterocycles. The van der Waals surface area contributed by atoms with Crippen LogP contribution in [0.2, 0.25) is 5.02 Å². The first-order valence-corrected chi connectivity index (χ1v) is 11.8. The number of halogens is 2. The normalized spacial score (nSPS) is 20.4. The van der Waals surface area contributed by atoms with Crippen molar-refractivity contribution in [3.05, 3.63) is 107 Å². The van der Waals surface area contributed by atoms with E-state index in [2.05, 4.69) is 29.2 Å². The zero-order valence-corrected chi connectivity index (χ0v) is 19.3. The molecule has 0 aromatic heterocycles. The molecule has 0 amide bonds. The van der Waals surface area contributed by atoms with Gasteiger partial charge in [-0.2, -0.15) is 0 Å². The van der Waals surface area contributed by atoms with E-state index in [1.54, 1.807) is 24.3 Å². The highest BCUT2D eigenvalue weighted by molar-refractivity contribution is 6.30. The summed E-state index contributed by atoms with van der Waals surface area (Å²) in [6, 6.07) is 27.3. The summed E-state index contributed by atoms with van der Waals surface area (Å²) in [5, 5.41) is 9.97. The van der Waals surface area contributed by atoms with E-state index < -0.39 is 17.2 Å². The molecule has 4 rings (SSSR count). The monoisotopic (exact) mass is 465 g/mol. The quantitative estimate of drug-likeness (QED) is 0.424. The van der Waals surface area contributed by atoms with Gasteiger partial charge in [0, 0.05) is 30.1 Å². The summed E-state index contributed by atoms with van der Waals surface area (Å²) in [6.45, 7) is 0.887. The molecule has 0 aliphatic carbocycles. The summed E-state index contributed by atoms with van der Waals surface area (Å²) in [5.74, 6) is -0.835. The lowest BCUT2D eigenvalue weighted by molar-refractivity contribution is -0.138. The molecule has 3 aromatic rings. The number of hydrogen-bond acceptors (Lipinski definition) is 2. The van der Waals surface area contributed by atoms with E-state index in [4.69, 9.17) is 11.6 Å². The van der Waals surface area contributed by atoms with Crippen LogP contribution in [0.4, 0.5) is 4.39 Å². The Kier molecular flexibility index (Phi) is 7.16. The van der Waals surface area contributed by atoms with Crippen LogP contribution in [0.3, 0.4) is 0 Å². The van der Waals surface area contributed by atoms with Gasteiger partial charge in [-0.3, -0.25) is 9.69 Å². The summed E-state index contributed by atoms with van der Waals surface area (Å²) in [5.41, 5.74) is 0.789. The fourth-order valence-electron chi connectivity index (χ4n) is 5.21. The Labute approximate surface area is 199 Å². The second kappa shape index (κ2) is 10.1. The van der Waals surface area contributed by atoms with E-state index in [0.29, 0.717) is 42.9 Å². The minimum atomic E-state index is -1.52. The molecule has 5 heteroatoms. The second-order valence-corrected chi connectivity index (χ2v) is 9.52. The molecule has 172 valence electrons. The molecule has 3 aromatic carbocycles. The number of carboxylic acids is 1. The van der Waals surface area contributed by atoms with Gasteiger partial charge in [0.05, 0.1) is 6.42 Å². The first-order valence-electron chi connectivity index (χ1n) is 11.4. The fraction of sp³-hybridized carbons (Fsp3) is 0.321. The van der Waals surface area contributed by atoms with Crippen molar-refractivity contribution in [2.75, 3.05) is 13.1 Å². The molecular formula is C28H29ClFNO2. The van der Waals surface area contributed by atoms with Crippen LogP contribution in [0.25, 0.3) is 0 Å². The lowest BCUT2D eigenvalue weighted by Gasteiger charge is -2.52. The highest BCUT2D eigenvalue weighted by Gasteiger charge is 2.50. The van der Waals surface area contributed by atoms with Crippen molar-refractivity contribution in [2.24, 2.45) is 0 Å². The van der Waals surface area contributed by atoms with Gasteiger partial charge in [0.1, 0.15) is 5.67 Å². The number of rotatable bonds is 8. The maximum Gasteiger partial charge on any atom is 0.304 e. The van der Waals surface area contributed by atoms with Crippen molar-refractivity contribution >= 4 is 17.6 Å². The largest absolute Gasteiger partial charge is 0.481 e. The molecule has 1 atom stereocenters. The van der Waals surface area contributed by atoms with Crippen LogP contribution in [0.5, 0.6) is 0 Å². The first kappa shape index (κ1) is 23.5. The Balaban J connectivity index is 1.77. The van der Waals surface area contributed by atoms with Gasteiger partial charge in [-0.05, 0) is 48.1 Å². The Morgan fingerprint density at radius 2 is 1.45 bits per heavy atom. The Hall–Kier alpha value is -2.69. The van der Waals surface area contributed by atoms with Crippen molar-refractivity contribution in [3.8, 4) is 0 Å². The summed E-state index contributed by atoms with van der Waals surface area (Å²) in [7, 11) is 0. The van der Waals surface area contributed by atoms with Crippen LogP contribution in [0.1, 0.15) is 36.0 Å². The van der Waals surface area contributed by atoms with E-state index in [1.807, 2.05) is 36.4 Å². The number of likely N-dealkylation sites (tertiary alicyclic amines) is 1. The fourth-order valence-corrected chi connectivity index (χ4v) is 5.33. The molecular weight excluding hydrogens is 437 g/mol. The Morgan fingerprint density at radius 3 is 1.97 bits per heavy atom. The average molecular weight is 466 g/mol. The standard InChI is InChI=1S/C28H29ClFNO2/c29-25-13-11-24(12-14-25)28(30)16-18-31(17-15-26(32)33)27(21-28,19-22-7-3-1-4-8-22)20-23-9-5-2-6-10-23/h1-14H,15-21H2,(H,32,33). The summed E-state index contributed by atoms with van der Waals surface area (Å²) in [6.07, 6.45) is 1.92. The molecule has 0 radical (unpaired) electrons. The third kappa shape index (κ3) is 5.63. The van der Waals surface area contributed by atoms with Crippen LogP contribution in [0, 0.1) is 0 Å². The van der Waals surface area contributed by atoms with Gasteiger partial charge in [-0.15, -0.1) is 0 Å². The maximum absolute atomic E-state index is 16.7. The number of alkyl halides is 1.